The third-order valence-corrected chi connectivity index (χ3v) is 10.1. The number of carbonyl (C=O) groups is 1. The van der Waals surface area contributed by atoms with Crippen molar-refractivity contribution in [1.82, 2.24) is 14.5 Å². The smallest absolute Gasteiger partial charge is 0.360 e. The Kier molecular flexibility index (Phi) is 4.23. The molecule has 1 spiro atoms. The van der Waals surface area contributed by atoms with Gasteiger partial charge in [-0.25, -0.2) is 9.78 Å². The zero-order valence-corrected chi connectivity index (χ0v) is 19.2. The van der Waals surface area contributed by atoms with Crippen molar-refractivity contribution in [3.8, 4) is 0 Å². The van der Waals surface area contributed by atoms with Gasteiger partial charge in [0.25, 0.3) is 5.56 Å². The number of piperidine rings is 1. The molecule has 3 aliphatic carbocycles. The predicted octanol–water partition coefficient (Wildman–Crippen LogP) is 4.77. The molecule has 1 aromatic carbocycles. The summed E-state index contributed by atoms with van der Waals surface area (Å²) in [4.78, 5) is 32.4. The van der Waals surface area contributed by atoms with E-state index >= 15 is 0 Å². The highest BCUT2D eigenvalue weighted by atomic mass is 16.4. The van der Waals surface area contributed by atoms with Crippen LogP contribution in [0.1, 0.15) is 93.6 Å². The first-order chi connectivity index (χ1) is 16.0. The van der Waals surface area contributed by atoms with Gasteiger partial charge < -0.3 is 9.67 Å². The molecule has 2 aliphatic heterocycles. The summed E-state index contributed by atoms with van der Waals surface area (Å²) in [6, 6.07) is 8.65. The number of fused-ring (bicyclic) bond motifs is 7. The molecule has 7 rings (SSSR count). The minimum Gasteiger partial charge on any atom is -0.476 e. The Balaban J connectivity index is 1.31. The molecule has 1 N–H and O–H groups in total. The maximum absolute atomic E-state index is 13.4. The van der Waals surface area contributed by atoms with Gasteiger partial charge in [-0.15, -0.1) is 0 Å². The maximum Gasteiger partial charge on any atom is 0.360 e. The Bertz CT molecular complexity index is 1190. The van der Waals surface area contributed by atoms with Crippen molar-refractivity contribution in [3.05, 3.63) is 40.3 Å². The first-order valence-electron chi connectivity index (χ1n) is 13.0. The summed E-state index contributed by atoms with van der Waals surface area (Å²) in [5.41, 5.74) is 1.43. The van der Waals surface area contributed by atoms with E-state index in [1.807, 2.05) is 28.8 Å². The van der Waals surface area contributed by atoms with Crippen LogP contribution in [0, 0.1) is 11.3 Å². The number of carboxylic acids is 1. The van der Waals surface area contributed by atoms with Gasteiger partial charge in [-0.1, -0.05) is 37.8 Å². The van der Waals surface area contributed by atoms with Crippen molar-refractivity contribution in [2.24, 2.45) is 11.3 Å². The highest BCUT2D eigenvalue weighted by Gasteiger charge is 2.65. The number of hydrogen-bond donors (Lipinski definition) is 1. The van der Waals surface area contributed by atoms with Gasteiger partial charge >= 0.3 is 5.97 Å². The summed E-state index contributed by atoms with van der Waals surface area (Å²) in [5, 5.41) is 9.68. The number of rotatable bonds is 3. The van der Waals surface area contributed by atoms with Crippen molar-refractivity contribution in [2.75, 3.05) is 0 Å². The van der Waals surface area contributed by atoms with Crippen molar-refractivity contribution < 1.29 is 9.90 Å². The van der Waals surface area contributed by atoms with Crippen LogP contribution < -0.4 is 5.56 Å². The summed E-state index contributed by atoms with van der Waals surface area (Å²) in [6.07, 6.45) is 15.5. The zero-order chi connectivity index (χ0) is 22.4. The SMILES string of the molecule is O=C(O)c1nc2ccccc2n([C@@H]2C[C@@H]3CC4(CC4)[C@H](C2)N3C23CCCC(CCC2)C3)c1=O. The second-order valence-corrected chi connectivity index (χ2v) is 11.8. The van der Waals surface area contributed by atoms with Gasteiger partial charge in [0.1, 0.15) is 0 Å². The van der Waals surface area contributed by atoms with E-state index in [1.165, 1.54) is 64.2 Å². The molecule has 0 amide bonds. The largest absolute Gasteiger partial charge is 0.476 e. The van der Waals surface area contributed by atoms with Gasteiger partial charge in [0.05, 0.1) is 11.0 Å². The molecule has 3 atom stereocenters. The fourth-order valence-corrected chi connectivity index (χ4v) is 8.78. The minimum absolute atomic E-state index is 0.0501. The van der Waals surface area contributed by atoms with E-state index in [0.29, 0.717) is 28.6 Å². The molecule has 3 saturated carbocycles. The quantitative estimate of drug-likeness (QED) is 0.734. The van der Waals surface area contributed by atoms with E-state index in [0.717, 1.165) is 24.3 Å². The van der Waals surface area contributed by atoms with Gasteiger partial charge in [0.2, 0.25) is 5.69 Å². The number of nitrogens with zero attached hydrogens (tertiary/aromatic N) is 3. The zero-order valence-electron chi connectivity index (χ0n) is 19.2. The molecule has 5 aliphatic rings. The summed E-state index contributed by atoms with van der Waals surface area (Å²) in [7, 11) is 0. The van der Waals surface area contributed by atoms with Gasteiger partial charge in [-0.05, 0) is 74.8 Å². The molecule has 1 aromatic heterocycles. The van der Waals surface area contributed by atoms with Crippen molar-refractivity contribution in [3.63, 3.8) is 0 Å². The van der Waals surface area contributed by atoms with E-state index in [9.17, 15) is 14.7 Å². The van der Waals surface area contributed by atoms with Crippen molar-refractivity contribution in [1.29, 1.82) is 0 Å². The van der Waals surface area contributed by atoms with E-state index in [-0.39, 0.29) is 11.7 Å². The Morgan fingerprint density at radius 2 is 1.76 bits per heavy atom. The number of carboxylic acid groups (broad SMARTS) is 1. The van der Waals surface area contributed by atoms with Crippen molar-refractivity contribution >= 4 is 17.0 Å². The van der Waals surface area contributed by atoms with Gasteiger partial charge in [-0.3, -0.25) is 9.69 Å². The number of hydrogen-bond acceptors (Lipinski definition) is 4. The lowest BCUT2D eigenvalue weighted by Gasteiger charge is -2.57. The Hall–Kier alpha value is -2.21. The Labute approximate surface area is 194 Å². The Morgan fingerprint density at radius 3 is 2.48 bits per heavy atom. The second-order valence-electron chi connectivity index (χ2n) is 11.8. The van der Waals surface area contributed by atoms with Crippen LogP contribution in [-0.2, 0) is 0 Å². The molecular weight excluding hydrogens is 414 g/mol. The number of para-hydroxylation sites is 2. The molecule has 2 aromatic rings. The molecule has 0 unspecified atom stereocenters. The van der Waals surface area contributed by atoms with Crippen LogP contribution in [0.3, 0.4) is 0 Å². The fraction of sp³-hybridized carbons (Fsp3) is 0.667. The monoisotopic (exact) mass is 447 g/mol. The van der Waals surface area contributed by atoms with E-state index in [4.69, 9.17) is 0 Å². The van der Waals surface area contributed by atoms with Gasteiger partial charge in [0.15, 0.2) is 0 Å². The summed E-state index contributed by atoms with van der Waals surface area (Å²) >= 11 is 0. The van der Waals surface area contributed by atoms with Crippen LogP contribution in [0.2, 0.25) is 0 Å². The van der Waals surface area contributed by atoms with Crippen LogP contribution in [0.5, 0.6) is 0 Å². The number of benzene rings is 1. The second kappa shape index (κ2) is 6.91. The molecule has 2 saturated heterocycles. The Morgan fingerprint density at radius 1 is 1.00 bits per heavy atom. The van der Waals surface area contributed by atoms with Crippen LogP contribution in [0.15, 0.2) is 29.1 Å². The fourth-order valence-electron chi connectivity index (χ4n) is 8.78. The highest BCUT2D eigenvalue weighted by molar-refractivity contribution is 5.88. The first-order valence-corrected chi connectivity index (χ1v) is 13.0. The molecule has 33 heavy (non-hydrogen) atoms. The minimum atomic E-state index is -1.23. The third-order valence-electron chi connectivity index (χ3n) is 10.1. The predicted molar refractivity (Wildman–Crippen MR) is 125 cm³/mol. The molecule has 174 valence electrons. The standard InChI is InChI=1S/C27H33N3O3/c31-24-23(25(32)33)28-20-7-1-2-8-21(20)29(24)18-13-19-16-26(11-12-26)22(14-18)30(19)27-9-3-5-17(15-27)6-4-10-27/h1-2,7-8,17-19,22H,3-6,9-16H2,(H,32,33)/t17?,18-,19-,22+,27?/m1/s1. The van der Waals surface area contributed by atoms with Crippen LogP contribution in [0.4, 0.5) is 0 Å². The lowest BCUT2D eigenvalue weighted by Crippen LogP contribution is -2.61. The number of aromatic carboxylic acids is 1. The third kappa shape index (κ3) is 2.85. The summed E-state index contributed by atoms with van der Waals surface area (Å²) in [6.45, 7) is 0. The van der Waals surface area contributed by atoms with E-state index in [1.54, 1.807) is 0 Å². The average molecular weight is 448 g/mol. The topological polar surface area (TPSA) is 75.4 Å². The summed E-state index contributed by atoms with van der Waals surface area (Å²) in [5.74, 6) is -0.322. The average Bonchev–Trinajstić information content (AvgIpc) is 3.54. The normalized spacial score (nSPS) is 36.8. The van der Waals surface area contributed by atoms with Gasteiger partial charge in [0, 0.05) is 23.7 Å². The lowest BCUT2D eigenvalue weighted by molar-refractivity contribution is -0.0667. The molecule has 0 radical (unpaired) electrons. The van der Waals surface area contributed by atoms with Gasteiger partial charge in [-0.2, -0.15) is 0 Å². The molecule has 5 fully saturated rings. The van der Waals surface area contributed by atoms with Crippen LogP contribution in [-0.4, -0.2) is 43.1 Å². The molecular formula is C27H33N3O3. The lowest BCUT2D eigenvalue weighted by atomic mass is 9.65. The number of aromatic nitrogens is 2. The van der Waals surface area contributed by atoms with E-state index in [2.05, 4.69) is 9.88 Å². The maximum atomic E-state index is 13.4. The highest BCUT2D eigenvalue weighted by Crippen LogP contribution is 2.67. The molecule has 6 heteroatoms. The van der Waals surface area contributed by atoms with Crippen LogP contribution in [0.25, 0.3) is 11.0 Å². The van der Waals surface area contributed by atoms with Crippen LogP contribution >= 0.6 is 0 Å². The first kappa shape index (κ1) is 20.2. The molecule has 3 heterocycles. The molecule has 6 nitrogen and oxygen atoms in total. The van der Waals surface area contributed by atoms with E-state index < -0.39 is 11.5 Å². The van der Waals surface area contributed by atoms with Crippen molar-refractivity contribution in [2.45, 2.75) is 101 Å². The molecule has 4 bridgehead atoms. The summed E-state index contributed by atoms with van der Waals surface area (Å²) < 4.78 is 1.81.